The number of hydrogen-bond acceptors (Lipinski definition) is 2. The van der Waals surface area contributed by atoms with Crippen LogP contribution in [0.3, 0.4) is 0 Å². The van der Waals surface area contributed by atoms with Gasteiger partial charge in [-0.25, -0.2) is 0 Å². The fourth-order valence-electron chi connectivity index (χ4n) is 2.28. The van der Waals surface area contributed by atoms with Gasteiger partial charge >= 0.3 is 0 Å². The first-order valence-electron chi connectivity index (χ1n) is 7.09. The van der Waals surface area contributed by atoms with Crippen LogP contribution >= 0.6 is 12.2 Å². The highest BCUT2D eigenvalue weighted by Gasteiger charge is 2.14. The van der Waals surface area contributed by atoms with Crippen molar-refractivity contribution in [1.29, 1.82) is 0 Å². The van der Waals surface area contributed by atoms with E-state index < -0.39 is 0 Å². The van der Waals surface area contributed by atoms with Crippen LogP contribution in [0.5, 0.6) is 0 Å². The van der Waals surface area contributed by atoms with Crippen LogP contribution in [-0.2, 0) is 7.05 Å². The van der Waals surface area contributed by atoms with Crippen molar-refractivity contribution < 1.29 is 0 Å². The topological polar surface area (TPSA) is 41.9 Å². The predicted octanol–water partition coefficient (Wildman–Crippen LogP) is 3.01. The summed E-state index contributed by atoms with van der Waals surface area (Å²) in [5.74, 6) is 0. The van der Waals surface area contributed by atoms with E-state index in [9.17, 15) is 0 Å². The first-order valence-corrected chi connectivity index (χ1v) is 7.50. The molecule has 0 aliphatic carbocycles. The lowest BCUT2D eigenvalue weighted by Gasteiger charge is -2.21. The number of aryl methyl sites for hydroxylation is 1. The van der Waals surface area contributed by atoms with E-state index in [4.69, 9.17) is 12.2 Å². The van der Waals surface area contributed by atoms with Gasteiger partial charge in [-0.15, -0.1) is 0 Å². The third-order valence-electron chi connectivity index (χ3n) is 3.73. The Labute approximate surface area is 131 Å². The Balaban J connectivity index is 1.94. The number of rotatable bonds is 4. The van der Waals surface area contributed by atoms with Crippen molar-refractivity contribution in [3.8, 4) is 0 Å². The quantitative estimate of drug-likeness (QED) is 0.852. The molecule has 2 aromatic rings. The zero-order chi connectivity index (χ0) is 15.4. The molecule has 0 amide bonds. The average molecular weight is 302 g/mol. The van der Waals surface area contributed by atoms with Gasteiger partial charge in [-0.3, -0.25) is 4.68 Å². The van der Waals surface area contributed by atoms with E-state index in [2.05, 4.69) is 48.6 Å². The van der Waals surface area contributed by atoms with Crippen LogP contribution in [0.2, 0.25) is 0 Å². The molecule has 1 heterocycles. The third kappa shape index (κ3) is 3.82. The van der Waals surface area contributed by atoms with E-state index in [1.54, 1.807) is 0 Å². The number of benzene rings is 1. The second-order valence-corrected chi connectivity index (χ2v) is 5.69. The van der Waals surface area contributed by atoms with Crippen LogP contribution in [0.4, 0.5) is 0 Å². The molecule has 5 heteroatoms. The standard InChI is InChI=1S/C16H22N4S/c1-11(14-8-6-5-7-9-14)18-16(21)19-12(2)15-10-17-20(4)13(15)3/h5-12H,1-4H3,(H2,18,19,21). The van der Waals surface area contributed by atoms with Gasteiger partial charge in [-0.2, -0.15) is 5.10 Å². The molecule has 0 saturated heterocycles. The summed E-state index contributed by atoms with van der Waals surface area (Å²) < 4.78 is 1.87. The summed E-state index contributed by atoms with van der Waals surface area (Å²) in [5, 5.41) is 11.6. The predicted molar refractivity (Wildman–Crippen MR) is 90.1 cm³/mol. The molecule has 0 radical (unpaired) electrons. The van der Waals surface area contributed by atoms with Gasteiger partial charge in [-0.05, 0) is 38.6 Å². The van der Waals surface area contributed by atoms with Crippen molar-refractivity contribution in [2.24, 2.45) is 7.05 Å². The fourth-order valence-corrected chi connectivity index (χ4v) is 2.63. The molecule has 112 valence electrons. The maximum absolute atomic E-state index is 5.41. The summed E-state index contributed by atoms with van der Waals surface area (Å²) in [6, 6.07) is 10.6. The molecule has 2 atom stereocenters. The van der Waals surface area contributed by atoms with Crippen LogP contribution in [0, 0.1) is 6.92 Å². The minimum absolute atomic E-state index is 0.127. The van der Waals surface area contributed by atoms with E-state index in [0.29, 0.717) is 5.11 Å². The fraction of sp³-hybridized carbons (Fsp3) is 0.375. The molecular weight excluding hydrogens is 280 g/mol. The van der Waals surface area contributed by atoms with Gasteiger partial charge in [0.15, 0.2) is 5.11 Å². The van der Waals surface area contributed by atoms with Gasteiger partial charge in [0, 0.05) is 18.3 Å². The van der Waals surface area contributed by atoms with Gasteiger partial charge < -0.3 is 10.6 Å². The highest BCUT2D eigenvalue weighted by molar-refractivity contribution is 7.80. The third-order valence-corrected chi connectivity index (χ3v) is 3.97. The van der Waals surface area contributed by atoms with Crippen LogP contribution in [0.25, 0.3) is 0 Å². The molecule has 0 spiro atoms. The lowest BCUT2D eigenvalue weighted by molar-refractivity contribution is 0.651. The first-order chi connectivity index (χ1) is 9.99. The molecule has 1 aromatic carbocycles. The Morgan fingerprint density at radius 1 is 1.14 bits per heavy atom. The molecule has 2 rings (SSSR count). The number of aromatic nitrogens is 2. The second kappa shape index (κ2) is 6.72. The number of nitrogens with zero attached hydrogens (tertiary/aromatic N) is 2. The molecule has 21 heavy (non-hydrogen) atoms. The molecule has 0 bridgehead atoms. The Morgan fingerprint density at radius 3 is 2.33 bits per heavy atom. The molecule has 2 N–H and O–H groups in total. The van der Waals surface area contributed by atoms with Crippen LogP contribution in [-0.4, -0.2) is 14.9 Å². The maximum Gasteiger partial charge on any atom is 0.167 e. The summed E-state index contributed by atoms with van der Waals surface area (Å²) in [4.78, 5) is 0. The molecule has 0 saturated carbocycles. The lowest BCUT2D eigenvalue weighted by Crippen LogP contribution is -2.38. The molecule has 0 aliphatic heterocycles. The molecule has 4 nitrogen and oxygen atoms in total. The van der Waals surface area contributed by atoms with Crippen molar-refractivity contribution in [3.05, 3.63) is 53.3 Å². The molecule has 0 fully saturated rings. The Morgan fingerprint density at radius 2 is 1.76 bits per heavy atom. The van der Waals surface area contributed by atoms with E-state index in [0.717, 1.165) is 11.3 Å². The van der Waals surface area contributed by atoms with Crippen molar-refractivity contribution >= 4 is 17.3 Å². The zero-order valence-corrected chi connectivity index (χ0v) is 13.7. The maximum atomic E-state index is 5.41. The Hall–Kier alpha value is -1.88. The molecule has 0 aliphatic rings. The summed E-state index contributed by atoms with van der Waals surface area (Å²) in [6.45, 7) is 6.25. The van der Waals surface area contributed by atoms with E-state index in [-0.39, 0.29) is 12.1 Å². The number of hydrogen-bond donors (Lipinski definition) is 2. The first kappa shape index (κ1) is 15.5. The van der Waals surface area contributed by atoms with Crippen LogP contribution in [0.15, 0.2) is 36.5 Å². The van der Waals surface area contributed by atoms with Gasteiger partial charge in [0.1, 0.15) is 0 Å². The van der Waals surface area contributed by atoms with Gasteiger partial charge in [-0.1, -0.05) is 30.3 Å². The largest absolute Gasteiger partial charge is 0.356 e. The normalized spacial score (nSPS) is 13.5. The molecule has 2 unspecified atom stereocenters. The van der Waals surface area contributed by atoms with E-state index in [1.807, 2.05) is 36.1 Å². The molecule has 1 aromatic heterocycles. The van der Waals surface area contributed by atoms with E-state index >= 15 is 0 Å². The van der Waals surface area contributed by atoms with Gasteiger partial charge in [0.25, 0.3) is 0 Å². The highest BCUT2D eigenvalue weighted by atomic mass is 32.1. The lowest BCUT2D eigenvalue weighted by atomic mass is 10.1. The highest BCUT2D eigenvalue weighted by Crippen LogP contribution is 2.16. The second-order valence-electron chi connectivity index (χ2n) is 5.28. The van der Waals surface area contributed by atoms with Crippen molar-refractivity contribution in [3.63, 3.8) is 0 Å². The minimum Gasteiger partial charge on any atom is -0.356 e. The monoisotopic (exact) mass is 302 g/mol. The van der Waals surface area contributed by atoms with Crippen molar-refractivity contribution in [1.82, 2.24) is 20.4 Å². The van der Waals surface area contributed by atoms with Gasteiger partial charge in [0.05, 0.1) is 18.3 Å². The summed E-state index contributed by atoms with van der Waals surface area (Å²) in [6.07, 6.45) is 1.89. The van der Waals surface area contributed by atoms with Crippen molar-refractivity contribution in [2.45, 2.75) is 32.9 Å². The van der Waals surface area contributed by atoms with Crippen molar-refractivity contribution in [2.75, 3.05) is 0 Å². The number of nitrogens with one attached hydrogen (secondary N) is 2. The Bertz CT molecular complexity index is 606. The van der Waals surface area contributed by atoms with Crippen LogP contribution < -0.4 is 10.6 Å². The SMILES string of the molecule is Cc1c(C(C)NC(=S)NC(C)c2ccccc2)cnn1C. The minimum atomic E-state index is 0.127. The Kier molecular flexibility index (Phi) is 4.96. The van der Waals surface area contributed by atoms with Gasteiger partial charge in [0.2, 0.25) is 0 Å². The summed E-state index contributed by atoms with van der Waals surface area (Å²) in [7, 11) is 1.94. The number of thiocarbonyl (C=S) groups is 1. The smallest absolute Gasteiger partial charge is 0.167 e. The summed E-state index contributed by atoms with van der Waals surface area (Å²) >= 11 is 5.41. The zero-order valence-electron chi connectivity index (χ0n) is 12.9. The molecular formula is C16H22N4S. The summed E-state index contributed by atoms with van der Waals surface area (Å²) in [5.41, 5.74) is 3.52. The average Bonchev–Trinajstić information content (AvgIpc) is 2.79. The van der Waals surface area contributed by atoms with E-state index in [1.165, 1.54) is 5.56 Å². The van der Waals surface area contributed by atoms with Crippen LogP contribution in [0.1, 0.15) is 42.8 Å².